The summed E-state index contributed by atoms with van der Waals surface area (Å²) in [5.74, 6) is -2.74. The molecule has 0 aromatic heterocycles. The molecule has 2 N–H and O–H groups in total. The molecule has 2 atom stereocenters. The molecular weight excluding hydrogens is 342 g/mol. The van der Waals surface area contributed by atoms with Crippen LogP contribution in [0.3, 0.4) is 0 Å². The van der Waals surface area contributed by atoms with E-state index in [0.717, 1.165) is 12.8 Å². The number of hydrogen-bond donors (Lipinski definition) is 2. The smallest absolute Gasteiger partial charge is 0.366 e. The third kappa shape index (κ3) is 5.46. The minimum Gasteiger partial charge on any atom is -0.481 e. The van der Waals surface area contributed by atoms with Gasteiger partial charge in [0.05, 0.1) is 19.6 Å². The number of quaternary nitrogens is 1. The van der Waals surface area contributed by atoms with Crippen molar-refractivity contribution in [1.29, 1.82) is 0 Å². The third-order valence-corrected chi connectivity index (χ3v) is 7.25. The normalized spacial score (nSPS) is 22.6. The third-order valence-electron chi connectivity index (χ3n) is 7.25. The van der Waals surface area contributed by atoms with Gasteiger partial charge in [-0.15, -0.1) is 0 Å². The fourth-order valence-corrected chi connectivity index (χ4v) is 4.50. The van der Waals surface area contributed by atoms with Gasteiger partial charge in [0.25, 0.3) is 0 Å². The lowest BCUT2D eigenvalue weighted by Crippen LogP contribution is -2.67. The number of hydrogen-bond acceptors (Lipinski definition) is 2. The van der Waals surface area contributed by atoms with Crippen molar-refractivity contribution in [2.75, 3.05) is 14.1 Å². The van der Waals surface area contributed by atoms with Crippen molar-refractivity contribution in [2.24, 2.45) is 5.92 Å². The van der Waals surface area contributed by atoms with E-state index in [9.17, 15) is 19.8 Å². The molecule has 1 fully saturated rings. The molecule has 1 aliphatic carbocycles. The maximum atomic E-state index is 12.0. The van der Waals surface area contributed by atoms with Crippen molar-refractivity contribution in [3.05, 3.63) is 0 Å². The molecule has 27 heavy (non-hydrogen) atoms. The van der Waals surface area contributed by atoms with Crippen LogP contribution in [0, 0.1) is 5.92 Å². The molecule has 0 radical (unpaired) electrons. The van der Waals surface area contributed by atoms with Crippen LogP contribution < -0.4 is 0 Å². The summed E-state index contributed by atoms with van der Waals surface area (Å²) in [5.41, 5.74) is -1.46. The molecule has 0 bridgehead atoms. The predicted molar refractivity (Wildman–Crippen MR) is 109 cm³/mol. The van der Waals surface area contributed by atoms with Crippen LogP contribution in [0.15, 0.2) is 0 Å². The number of carbonyl (C=O) groups is 2. The summed E-state index contributed by atoms with van der Waals surface area (Å²) in [7, 11) is 3.79. The number of unbranched alkanes of at least 4 members (excludes halogenated alkanes) is 9. The van der Waals surface area contributed by atoms with Crippen molar-refractivity contribution >= 4 is 11.9 Å². The molecule has 1 rings (SSSR count). The van der Waals surface area contributed by atoms with Gasteiger partial charge in [0.2, 0.25) is 5.54 Å². The van der Waals surface area contributed by atoms with E-state index < -0.39 is 23.4 Å². The van der Waals surface area contributed by atoms with Crippen molar-refractivity contribution in [2.45, 2.75) is 109 Å². The van der Waals surface area contributed by atoms with Gasteiger partial charge in [0, 0.05) is 12.8 Å². The summed E-state index contributed by atoms with van der Waals surface area (Å²) in [6.07, 6.45) is 13.9. The van der Waals surface area contributed by atoms with Crippen molar-refractivity contribution in [3.63, 3.8) is 0 Å². The number of carboxylic acids is 2. The number of likely N-dealkylation sites (N-methyl/N-ethyl adjacent to an activating group) is 1. The van der Waals surface area contributed by atoms with Gasteiger partial charge in [-0.05, 0) is 20.3 Å². The van der Waals surface area contributed by atoms with E-state index in [1.165, 1.54) is 57.8 Å². The highest BCUT2D eigenvalue weighted by atomic mass is 16.4. The van der Waals surface area contributed by atoms with E-state index in [1.807, 2.05) is 14.1 Å². The average molecular weight is 385 g/mol. The molecule has 0 aromatic rings. The molecule has 0 saturated heterocycles. The first-order valence-corrected chi connectivity index (χ1v) is 10.8. The lowest BCUT2D eigenvalue weighted by molar-refractivity contribution is -0.964. The molecule has 0 aliphatic heterocycles. The largest absolute Gasteiger partial charge is 0.481 e. The van der Waals surface area contributed by atoms with Gasteiger partial charge in [-0.1, -0.05) is 64.7 Å². The van der Waals surface area contributed by atoms with Gasteiger partial charge < -0.3 is 14.7 Å². The van der Waals surface area contributed by atoms with Gasteiger partial charge in [-0.3, -0.25) is 4.79 Å². The first-order chi connectivity index (χ1) is 12.5. The molecule has 0 aromatic carbocycles. The van der Waals surface area contributed by atoms with Crippen molar-refractivity contribution < 1.29 is 24.3 Å². The Labute approximate surface area is 165 Å². The molecule has 158 valence electrons. The Kier molecular flexibility index (Phi) is 8.78. The minimum atomic E-state index is -1.19. The topological polar surface area (TPSA) is 74.6 Å². The molecular formula is C22H42NO4+. The predicted octanol–water partition coefficient (Wildman–Crippen LogP) is 5.08. The molecule has 1 saturated carbocycles. The summed E-state index contributed by atoms with van der Waals surface area (Å²) in [5, 5.41) is 19.1. The van der Waals surface area contributed by atoms with Crippen LogP contribution in [0.1, 0.15) is 97.8 Å². The van der Waals surface area contributed by atoms with E-state index in [0.29, 0.717) is 0 Å². The zero-order valence-electron chi connectivity index (χ0n) is 18.2. The van der Waals surface area contributed by atoms with Crippen LogP contribution in [-0.2, 0) is 9.59 Å². The van der Waals surface area contributed by atoms with E-state index in [2.05, 4.69) is 20.8 Å². The Morgan fingerprint density at radius 3 is 1.74 bits per heavy atom. The highest BCUT2D eigenvalue weighted by molar-refractivity contribution is 5.91. The van der Waals surface area contributed by atoms with Gasteiger partial charge >= 0.3 is 11.9 Å². The standard InChI is InChI=1S/C22H41NO4/c1-6-7-8-9-10-11-12-13-14-15-16-21(2,3)23(4,5)22(20(26)27)17-18(22)19(24)25/h18H,6-17H2,1-5H3,(H-,24,25,26,27)/p+1. The fraction of sp³-hybridized carbons (Fsp3) is 0.909. The van der Waals surface area contributed by atoms with Crippen LogP contribution in [-0.4, -0.2) is 51.8 Å². The molecule has 0 spiro atoms. The van der Waals surface area contributed by atoms with Gasteiger partial charge in [-0.25, -0.2) is 4.79 Å². The molecule has 0 heterocycles. The zero-order chi connectivity index (χ0) is 20.7. The molecule has 5 nitrogen and oxygen atoms in total. The molecule has 2 unspecified atom stereocenters. The number of rotatable bonds is 15. The summed E-state index contributed by atoms with van der Waals surface area (Å²) < 4.78 is 0.226. The van der Waals surface area contributed by atoms with Crippen molar-refractivity contribution in [3.8, 4) is 0 Å². The lowest BCUT2D eigenvalue weighted by Gasteiger charge is -2.49. The van der Waals surface area contributed by atoms with Crippen LogP contribution >= 0.6 is 0 Å². The minimum absolute atomic E-state index is 0.226. The summed E-state index contributed by atoms with van der Waals surface area (Å²) in [6.45, 7) is 6.41. The van der Waals surface area contributed by atoms with Crippen LogP contribution in [0.5, 0.6) is 0 Å². The summed E-state index contributed by atoms with van der Waals surface area (Å²) in [6, 6.07) is 0. The maximum absolute atomic E-state index is 12.0. The second kappa shape index (κ2) is 9.90. The average Bonchev–Trinajstić information content (AvgIpc) is 3.34. The number of nitrogens with zero attached hydrogens (tertiary/aromatic N) is 1. The van der Waals surface area contributed by atoms with E-state index in [-0.39, 0.29) is 16.4 Å². The first-order valence-electron chi connectivity index (χ1n) is 10.8. The Hall–Kier alpha value is -1.10. The Morgan fingerprint density at radius 2 is 1.37 bits per heavy atom. The van der Waals surface area contributed by atoms with Crippen LogP contribution in [0.25, 0.3) is 0 Å². The summed E-state index contributed by atoms with van der Waals surface area (Å²) >= 11 is 0. The van der Waals surface area contributed by atoms with Crippen LogP contribution in [0.2, 0.25) is 0 Å². The van der Waals surface area contributed by atoms with Gasteiger partial charge in [0.1, 0.15) is 5.92 Å². The quantitative estimate of drug-likeness (QED) is 0.305. The highest BCUT2D eigenvalue weighted by Gasteiger charge is 2.77. The monoisotopic (exact) mass is 384 g/mol. The fourth-order valence-electron chi connectivity index (χ4n) is 4.50. The van der Waals surface area contributed by atoms with Gasteiger partial charge in [-0.2, -0.15) is 0 Å². The van der Waals surface area contributed by atoms with E-state index >= 15 is 0 Å². The number of carboxylic acid groups (broad SMARTS) is 2. The van der Waals surface area contributed by atoms with E-state index in [4.69, 9.17) is 0 Å². The Bertz CT molecular complexity index is 501. The second-order valence-corrected chi connectivity index (χ2v) is 9.52. The zero-order valence-corrected chi connectivity index (χ0v) is 18.2. The lowest BCUT2D eigenvalue weighted by atomic mass is 9.88. The van der Waals surface area contributed by atoms with E-state index in [1.54, 1.807) is 0 Å². The van der Waals surface area contributed by atoms with Crippen molar-refractivity contribution in [1.82, 2.24) is 0 Å². The Morgan fingerprint density at radius 1 is 0.926 bits per heavy atom. The number of aliphatic carboxylic acids is 2. The maximum Gasteiger partial charge on any atom is 0.366 e. The SMILES string of the molecule is CCCCCCCCCCCCC(C)(C)[N+](C)(C)C1(C(=O)O)CC1C(=O)O. The van der Waals surface area contributed by atoms with Gasteiger partial charge in [0.15, 0.2) is 0 Å². The summed E-state index contributed by atoms with van der Waals surface area (Å²) in [4.78, 5) is 23.4. The first kappa shape index (κ1) is 23.9. The molecule has 0 amide bonds. The molecule has 5 heteroatoms. The highest BCUT2D eigenvalue weighted by Crippen LogP contribution is 2.55. The Balaban J connectivity index is 2.41. The second-order valence-electron chi connectivity index (χ2n) is 9.52. The molecule has 1 aliphatic rings. The van der Waals surface area contributed by atoms with Crippen LogP contribution in [0.4, 0.5) is 0 Å².